The van der Waals surface area contributed by atoms with Crippen LogP contribution in [0.15, 0.2) is 48.5 Å². The van der Waals surface area contributed by atoms with Crippen LogP contribution < -0.4 is 14.4 Å². The second-order valence-electron chi connectivity index (χ2n) is 6.78. The number of ether oxygens (including phenoxy) is 1. The molecule has 0 heterocycles. The lowest BCUT2D eigenvalue weighted by Crippen LogP contribution is -2.32. The van der Waals surface area contributed by atoms with Crippen LogP contribution in [-0.4, -0.2) is 39.2 Å². The van der Waals surface area contributed by atoms with Crippen LogP contribution in [0.2, 0.25) is 0 Å². The number of non-ortho nitro benzene ring substituents is 1. The van der Waals surface area contributed by atoms with Crippen LogP contribution in [0.4, 0.5) is 11.4 Å². The first-order valence-corrected chi connectivity index (χ1v) is 11.1. The van der Waals surface area contributed by atoms with E-state index in [4.69, 9.17) is 4.74 Å². The molecule has 0 fully saturated rings. The van der Waals surface area contributed by atoms with Crippen molar-refractivity contribution in [2.24, 2.45) is 0 Å². The molecule has 30 heavy (non-hydrogen) atoms. The highest BCUT2D eigenvalue weighted by molar-refractivity contribution is 7.92. The molecule has 10 heteroatoms. The summed E-state index contributed by atoms with van der Waals surface area (Å²) in [7, 11) is -2.09. The van der Waals surface area contributed by atoms with Crippen LogP contribution in [0.5, 0.6) is 5.75 Å². The van der Waals surface area contributed by atoms with Crippen molar-refractivity contribution in [1.82, 2.24) is 5.32 Å². The van der Waals surface area contributed by atoms with Gasteiger partial charge in [-0.2, -0.15) is 0 Å². The number of methoxy groups -OCH3 is 1. The second-order valence-corrected chi connectivity index (χ2v) is 8.68. The number of nitro benzene ring substituents is 1. The highest BCUT2D eigenvalue weighted by atomic mass is 32.2. The van der Waals surface area contributed by atoms with E-state index in [-0.39, 0.29) is 42.7 Å². The van der Waals surface area contributed by atoms with Crippen LogP contribution >= 0.6 is 0 Å². The first-order chi connectivity index (χ1) is 14.1. The summed E-state index contributed by atoms with van der Waals surface area (Å²) in [6, 6.07) is 12.5. The summed E-state index contributed by atoms with van der Waals surface area (Å²) in [4.78, 5) is 22.6. The van der Waals surface area contributed by atoms with Gasteiger partial charge in [-0.25, -0.2) is 8.42 Å². The van der Waals surface area contributed by atoms with Crippen molar-refractivity contribution in [2.75, 3.05) is 24.2 Å². The average Bonchev–Trinajstić information content (AvgIpc) is 2.70. The van der Waals surface area contributed by atoms with Crippen molar-refractivity contribution in [3.8, 4) is 5.75 Å². The lowest BCUT2D eigenvalue weighted by atomic mass is 10.1. The van der Waals surface area contributed by atoms with Crippen molar-refractivity contribution in [3.05, 3.63) is 64.2 Å². The number of carbonyl (C=O) groups excluding carboxylic acids is 1. The molecule has 0 aliphatic rings. The first kappa shape index (κ1) is 23.1. The van der Waals surface area contributed by atoms with E-state index in [1.54, 1.807) is 19.2 Å². The lowest BCUT2D eigenvalue weighted by Gasteiger charge is -2.22. The average molecular weight is 436 g/mol. The van der Waals surface area contributed by atoms with Crippen LogP contribution in [-0.2, 0) is 14.8 Å². The molecule has 1 atom stereocenters. The molecule has 162 valence electrons. The molecule has 0 radical (unpaired) electrons. The standard InChI is InChI=1S/C20H25N3O6S/c1-15(16-9-11-19(29-2)12-10-16)21-20(24)8-5-13-22(30(3,27)28)17-6-4-7-18(14-17)23(25)26/h4,6-7,9-12,14-15H,5,8,13H2,1-3H3,(H,21,24)/t15-/m0/s1. The number of rotatable bonds is 10. The summed E-state index contributed by atoms with van der Waals surface area (Å²) < 4.78 is 30.5. The Balaban J connectivity index is 1.97. The van der Waals surface area contributed by atoms with Gasteiger partial charge in [-0.3, -0.25) is 19.2 Å². The molecule has 0 saturated heterocycles. The van der Waals surface area contributed by atoms with Crippen LogP contribution in [0.1, 0.15) is 31.4 Å². The van der Waals surface area contributed by atoms with E-state index >= 15 is 0 Å². The molecule has 0 aromatic heterocycles. The Kier molecular flexibility index (Phi) is 7.76. The molecular formula is C20H25N3O6S. The third kappa shape index (κ3) is 6.45. The van der Waals surface area contributed by atoms with Crippen LogP contribution in [0, 0.1) is 10.1 Å². The molecule has 2 aromatic carbocycles. The smallest absolute Gasteiger partial charge is 0.271 e. The van der Waals surface area contributed by atoms with Crippen LogP contribution in [0.3, 0.4) is 0 Å². The Labute approximate surface area is 175 Å². The largest absolute Gasteiger partial charge is 0.497 e. The Hall–Kier alpha value is -3.14. The number of carbonyl (C=O) groups is 1. The van der Waals surface area contributed by atoms with Crippen LogP contribution in [0.25, 0.3) is 0 Å². The molecule has 2 rings (SSSR count). The third-order valence-corrected chi connectivity index (χ3v) is 5.68. The normalized spacial score (nSPS) is 12.1. The molecular weight excluding hydrogens is 410 g/mol. The van der Waals surface area contributed by atoms with E-state index in [1.165, 1.54) is 24.3 Å². The Bertz CT molecular complexity index is 992. The maximum atomic E-state index is 12.3. The minimum Gasteiger partial charge on any atom is -0.497 e. The van der Waals surface area contributed by atoms with E-state index < -0.39 is 14.9 Å². The van der Waals surface area contributed by atoms with Gasteiger partial charge in [-0.05, 0) is 37.1 Å². The van der Waals surface area contributed by atoms with Crippen molar-refractivity contribution in [2.45, 2.75) is 25.8 Å². The van der Waals surface area contributed by atoms with Gasteiger partial charge in [-0.15, -0.1) is 0 Å². The zero-order chi connectivity index (χ0) is 22.3. The van der Waals surface area contributed by atoms with E-state index in [0.29, 0.717) is 0 Å². The lowest BCUT2D eigenvalue weighted by molar-refractivity contribution is -0.384. The highest BCUT2D eigenvalue weighted by Gasteiger charge is 2.20. The van der Waals surface area contributed by atoms with Crippen molar-refractivity contribution in [3.63, 3.8) is 0 Å². The zero-order valence-electron chi connectivity index (χ0n) is 17.1. The van der Waals surface area contributed by atoms with E-state index in [9.17, 15) is 23.3 Å². The second kappa shape index (κ2) is 10.1. The molecule has 0 aliphatic heterocycles. The molecule has 0 aliphatic carbocycles. The summed E-state index contributed by atoms with van der Waals surface area (Å²) in [6.45, 7) is 1.88. The minimum atomic E-state index is -3.66. The zero-order valence-corrected chi connectivity index (χ0v) is 17.9. The van der Waals surface area contributed by atoms with Gasteiger partial charge in [-0.1, -0.05) is 18.2 Å². The van der Waals surface area contributed by atoms with Crippen molar-refractivity contribution in [1.29, 1.82) is 0 Å². The fourth-order valence-corrected chi connectivity index (χ4v) is 3.88. The molecule has 0 unspecified atom stereocenters. The Morgan fingerprint density at radius 1 is 1.23 bits per heavy atom. The predicted molar refractivity (Wildman–Crippen MR) is 114 cm³/mol. The van der Waals surface area contributed by atoms with Crippen molar-refractivity contribution >= 4 is 27.3 Å². The van der Waals surface area contributed by atoms with Gasteiger partial charge in [0.1, 0.15) is 5.75 Å². The summed E-state index contributed by atoms with van der Waals surface area (Å²) in [5, 5.41) is 13.8. The van der Waals surface area contributed by atoms with Gasteiger partial charge in [0.05, 0.1) is 30.0 Å². The molecule has 0 bridgehead atoms. The number of amides is 1. The number of nitrogens with one attached hydrogen (secondary N) is 1. The monoisotopic (exact) mass is 435 g/mol. The maximum Gasteiger partial charge on any atom is 0.271 e. The van der Waals surface area contributed by atoms with E-state index in [0.717, 1.165) is 21.9 Å². The first-order valence-electron chi connectivity index (χ1n) is 9.27. The van der Waals surface area contributed by atoms with Gasteiger partial charge in [0.25, 0.3) is 5.69 Å². The maximum absolute atomic E-state index is 12.3. The molecule has 1 amide bonds. The molecule has 1 N–H and O–H groups in total. The van der Waals surface area contributed by atoms with Gasteiger partial charge in [0.2, 0.25) is 15.9 Å². The molecule has 2 aromatic rings. The quantitative estimate of drug-likeness (QED) is 0.453. The fourth-order valence-electron chi connectivity index (χ4n) is 2.92. The Morgan fingerprint density at radius 2 is 1.90 bits per heavy atom. The van der Waals surface area contributed by atoms with E-state index in [2.05, 4.69) is 5.32 Å². The summed E-state index contributed by atoms with van der Waals surface area (Å²) in [6.07, 6.45) is 1.40. The summed E-state index contributed by atoms with van der Waals surface area (Å²) in [5.74, 6) is 0.505. The number of hydrogen-bond acceptors (Lipinski definition) is 6. The summed E-state index contributed by atoms with van der Waals surface area (Å²) >= 11 is 0. The minimum absolute atomic E-state index is 0.0321. The number of nitrogens with zero attached hydrogens (tertiary/aromatic N) is 2. The number of nitro groups is 1. The number of benzene rings is 2. The third-order valence-electron chi connectivity index (χ3n) is 4.49. The highest BCUT2D eigenvalue weighted by Crippen LogP contribution is 2.23. The number of sulfonamides is 1. The molecule has 0 spiro atoms. The number of hydrogen-bond donors (Lipinski definition) is 1. The van der Waals surface area contributed by atoms with Crippen molar-refractivity contribution < 1.29 is 22.9 Å². The molecule has 0 saturated carbocycles. The van der Waals surface area contributed by atoms with Gasteiger partial charge < -0.3 is 10.1 Å². The van der Waals surface area contributed by atoms with Gasteiger partial charge in [0, 0.05) is 25.1 Å². The Morgan fingerprint density at radius 3 is 2.47 bits per heavy atom. The topological polar surface area (TPSA) is 119 Å². The fraction of sp³-hybridized carbons (Fsp3) is 0.350. The summed E-state index contributed by atoms with van der Waals surface area (Å²) in [5.41, 5.74) is 0.907. The van der Waals surface area contributed by atoms with Gasteiger partial charge >= 0.3 is 0 Å². The predicted octanol–water partition coefficient (Wildman–Crippen LogP) is 3.03. The SMILES string of the molecule is COc1ccc([C@H](C)NC(=O)CCCN(c2cccc([N+](=O)[O-])c2)S(C)(=O)=O)cc1. The van der Waals surface area contributed by atoms with E-state index in [1.807, 2.05) is 19.1 Å². The van der Waals surface area contributed by atoms with Gasteiger partial charge in [0.15, 0.2) is 0 Å². The number of anilines is 1. The molecule has 9 nitrogen and oxygen atoms in total.